The second kappa shape index (κ2) is 11.7. The third-order valence-corrected chi connectivity index (χ3v) is 4.28. The molecule has 148 valence electrons. The summed E-state index contributed by atoms with van der Waals surface area (Å²) in [6.45, 7) is 3.75. The minimum Gasteiger partial charge on any atom is -0.463 e. The molecule has 0 radical (unpaired) electrons. The molecule has 28 heavy (non-hydrogen) atoms. The lowest BCUT2D eigenvalue weighted by atomic mass is 10.0. The van der Waals surface area contributed by atoms with Gasteiger partial charge in [0.05, 0.1) is 18.8 Å². The second-order valence-electron chi connectivity index (χ2n) is 6.42. The molecule has 2 aromatic carbocycles. The topological polar surface area (TPSA) is 72.8 Å². The van der Waals surface area contributed by atoms with E-state index in [-0.39, 0.29) is 12.6 Å². The lowest BCUT2D eigenvalue weighted by Crippen LogP contribution is -2.08. The van der Waals surface area contributed by atoms with E-state index >= 15 is 0 Å². The fourth-order valence-electron chi connectivity index (χ4n) is 2.65. The molecule has 0 saturated carbocycles. The van der Waals surface area contributed by atoms with Crippen molar-refractivity contribution < 1.29 is 24.2 Å². The third-order valence-electron chi connectivity index (χ3n) is 4.28. The van der Waals surface area contributed by atoms with E-state index in [9.17, 15) is 9.59 Å². The smallest absolute Gasteiger partial charge is 0.343 e. The maximum atomic E-state index is 12.2. The van der Waals surface area contributed by atoms with Gasteiger partial charge in [-0.05, 0) is 54.7 Å². The van der Waals surface area contributed by atoms with Crippen molar-refractivity contribution in [1.29, 1.82) is 0 Å². The van der Waals surface area contributed by atoms with Crippen molar-refractivity contribution in [3.63, 3.8) is 0 Å². The lowest BCUT2D eigenvalue weighted by Gasteiger charge is -2.06. The zero-order valence-corrected chi connectivity index (χ0v) is 15.9. The van der Waals surface area contributed by atoms with Gasteiger partial charge in [-0.3, -0.25) is 0 Å². The van der Waals surface area contributed by atoms with Gasteiger partial charge < -0.3 is 14.6 Å². The van der Waals surface area contributed by atoms with Crippen LogP contribution in [0.1, 0.15) is 47.2 Å². The molecule has 2 aromatic rings. The third kappa shape index (κ3) is 7.37. The van der Waals surface area contributed by atoms with Crippen LogP contribution in [0.15, 0.2) is 61.2 Å². The molecule has 0 aromatic heterocycles. The Morgan fingerprint density at radius 2 is 1.54 bits per heavy atom. The average Bonchev–Trinajstić information content (AvgIpc) is 2.73. The SMILES string of the molecule is C=CC(=O)OCCCCCCc1ccc(C(=O)Oc2ccc(CO)cc2)cc1. The number of benzene rings is 2. The Kier molecular flexibility index (Phi) is 8.95. The highest BCUT2D eigenvalue weighted by Gasteiger charge is 2.08. The van der Waals surface area contributed by atoms with Crippen molar-refractivity contribution in [2.24, 2.45) is 0 Å². The van der Waals surface area contributed by atoms with Crippen LogP contribution in [0.4, 0.5) is 0 Å². The molecule has 0 aliphatic heterocycles. The van der Waals surface area contributed by atoms with Gasteiger partial charge in [-0.1, -0.05) is 43.7 Å². The van der Waals surface area contributed by atoms with E-state index in [1.807, 2.05) is 12.1 Å². The predicted octanol–water partition coefficient (Wildman–Crippen LogP) is 4.23. The van der Waals surface area contributed by atoms with E-state index in [1.54, 1.807) is 36.4 Å². The van der Waals surface area contributed by atoms with Gasteiger partial charge in [-0.2, -0.15) is 0 Å². The molecule has 0 fully saturated rings. The van der Waals surface area contributed by atoms with Gasteiger partial charge in [0, 0.05) is 6.08 Å². The van der Waals surface area contributed by atoms with E-state index < -0.39 is 5.97 Å². The summed E-state index contributed by atoms with van der Waals surface area (Å²) in [7, 11) is 0. The van der Waals surface area contributed by atoms with Crippen LogP contribution in [-0.2, 0) is 22.6 Å². The van der Waals surface area contributed by atoms with Crippen molar-refractivity contribution in [1.82, 2.24) is 0 Å². The van der Waals surface area contributed by atoms with Crippen LogP contribution < -0.4 is 4.74 Å². The molecule has 5 heteroatoms. The van der Waals surface area contributed by atoms with Gasteiger partial charge in [0.15, 0.2) is 0 Å². The first-order valence-corrected chi connectivity index (χ1v) is 9.42. The summed E-state index contributed by atoms with van der Waals surface area (Å²) >= 11 is 0. The first-order valence-electron chi connectivity index (χ1n) is 9.42. The molecule has 5 nitrogen and oxygen atoms in total. The Hall–Kier alpha value is -2.92. The number of hydrogen-bond acceptors (Lipinski definition) is 5. The van der Waals surface area contributed by atoms with Gasteiger partial charge >= 0.3 is 11.9 Å². The molecule has 0 atom stereocenters. The van der Waals surface area contributed by atoms with Crippen LogP contribution in [-0.4, -0.2) is 23.7 Å². The molecule has 0 heterocycles. The molecular weight excluding hydrogens is 356 g/mol. The summed E-state index contributed by atoms with van der Waals surface area (Å²) in [4.78, 5) is 23.1. The number of aryl methyl sites for hydroxylation is 1. The molecule has 0 aliphatic rings. The normalized spacial score (nSPS) is 10.3. The lowest BCUT2D eigenvalue weighted by molar-refractivity contribution is -0.137. The van der Waals surface area contributed by atoms with Crippen molar-refractivity contribution in [2.45, 2.75) is 38.7 Å². The summed E-state index contributed by atoms with van der Waals surface area (Å²) in [6.07, 6.45) is 6.06. The maximum absolute atomic E-state index is 12.2. The molecule has 0 aliphatic carbocycles. The predicted molar refractivity (Wildman–Crippen MR) is 107 cm³/mol. The summed E-state index contributed by atoms with van der Waals surface area (Å²) in [6, 6.07) is 14.2. The van der Waals surface area contributed by atoms with Crippen LogP contribution in [0.2, 0.25) is 0 Å². The Balaban J connectivity index is 1.69. The van der Waals surface area contributed by atoms with Crippen LogP contribution in [0.3, 0.4) is 0 Å². The quantitative estimate of drug-likeness (QED) is 0.272. The first-order chi connectivity index (χ1) is 13.6. The van der Waals surface area contributed by atoms with E-state index in [0.29, 0.717) is 17.9 Å². The first kappa shape index (κ1) is 21.4. The Morgan fingerprint density at radius 1 is 0.893 bits per heavy atom. The van der Waals surface area contributed by atoms with Gasteiger partial charge in [-0.25, -0.2) is 9.59 Å². The molecular formula is C23H26O5. The minimum atomic E-state index is -0.405. The number of hydrogen-bond donors (Lipinski definition) is 1. The van der Waals surface area contributed by atoms with Crippen LogP contribution in [0, 0.1) is 0 Å². The van der Waals surface area contributed by atoms with Gasteiger partial charge in [0.1, 0.15) is 5.75 Å². The highest BCUT2D eigenvalue weighted by Crippen LogP contribution is 2.15. The van der Waals surface area contributed by atoms with Crippen LogP contribution in [0.25, 0.3) is 0 Å². The van der Waals surface area contributed by atoms with Crippen LogP contribution in [0.5, 0.6) is 5.75 Å². The fourth-order valence-corrected chi connectivity index (χ4v) is 2.65. The van der Waals surface area contributed by atoms with E-state index in [1.165, 1.54) is 11.6 Å². The summed E-state index contributed by atoms with van der Waals surface area (Å²) in [5, 5.41) is 9.03. The Labute approximate surface area is 165 Å². The van der Waals surface area contributed by atoms with Crippen molar-refractivity contribution in [2.75, 3.05) is 6.61 Å². The number of carbonyl (C=O) groups excluding carboxylic acids is 2. The molecule has 0 bridgehead atoms. The summed E-state index contributed by atoms with van der Waals surface area (Å²) in [5.41, 5.74) is 2.43. The minimum absolute atomic E-state index is 0.0432. The Bertz CT molecular complexity index is 763. The van der Waals surface area contributed by atoms with E-state index in [2.05, 4.69) is 6.58 Å². The molecule has 2 rings (SSSR count). The number of ether oxygens (including phenoxy) is 2. The Morgan fingerprint density at radius 3 is 2.18 bits per heavy atom. The molecule has 0 unspecified atom stereocenters. The summed E-state index contributed by atoms with van der Waals surface area (Å²) in [5.74, 6) is -0.330. The number of aliphatic hydroxyl groups is 1. The van der Waals surface area contributed by atoms with Gasteiger partial charge in [-0.15, -0.1) is 0 Å². The highest BCUT2D eigenvalue weighted by molar-refractivity contribution is 5.91. The number of aliphatic hydroxyl groups excluding tert-OH is 1. The van der Waals surface area contributed by atoms with Gasteiger partial charge in [0.2, 0.25) is 0 Å². The van der Waals surface area contributed by atoms with Crippen LogP contribution >= 0.6 is 0 Å². The number of unbranched alkanes of at least 4 members (excludes halogenated alkanes) is 3. The van der Waals surface area contributed by atoms with Crippen molar-refractivity contribution in [3.05, 3.63) is 77.9 Å². The maximum Gasteiger partial charge on any atom is 0.343 e. The monoisotopic (exact) mass is 382 g/mol. The highest BCUT2D eigenvalue weighted by atomic mass is 16.5. The fraction of sp³-hybridized carbons (Fsp3) is 0.304. The summed E-state index contributed by atoms with van der Waals surface area (Å²) < 4.78 is 10.3. The molecule has 0 spiro atoms. The standard InChI is InChI=1S/C23H26O5/c1-2-22(25)27-16-6-4-3-5-7-18-8-12-20(13-9-18)23(26)28-21-14-10-19(17-24)11-15-21/h2,8-15,24H,1,3-7,16-17H2. The zero-order chi connectivity index (χ0) is 20.2. The van der Waals surface area contributed by atoms with Gasteiger partial charge in [0.25, 0.3) is 0 Å². The average molecular weight is 382 g/mol. The van der Waals surface area contributed by atoms with E-state index in [0.717, 1.165) is 37.7 Å². The van der Waals surface area contributed by atoms with E-state index in [4.69, 9.17) is 14.6 Å². The largest absolute Gasteiger partial charge is 0.463 e. The molecule has 0 saturated heterocycles. The second-order valence-corrected chi connectivity index (χ2v) is 6.42. The molecule has 1 N–H and O–H groups in total. The zero-order valence-electron chi connectivity index (χ0n) is 15.9. The number of esters is 2. The van der Waals surface area contributed by atoms with Crippen molar-refractivity contribution in [3.8, 4) is 5.75 Å². The number of carbonyl (C=O) groups is 2. The number of rotatable bonds is 11. The molecule has 0 amide bonds. The van der Waals surface area contributed by atoms with Crippen molar-refractivity contribution >= 4 is 11.9 Å².